The number of rotatable bonds is 4. The third-order valence-electron chi connectivity index (χ3n) is 5.25. The molecule has 2 aliphatic rings. The highest BCUT2D eigenvalue weighted by Crippen LogP contribution is 2.54. The number of methoxy groups -OCH3 is 1. The predicted molar refractivity (Wildman–Crippen MR) is 101 cm³/mol. The van der Waals surface area contributed by atoms with Crippen molar-refractivity contribution in [2.45, 2.75) is 45.6 Å². The molecule has 2 heterocycles. The molecule has 0 saturated carbocycles. The summed E-state index contributed by atoms with van der Waals surface area (Å²) in [6.07, 6.45) is 2.75. The van der Waals surface area contributed by atoms with Crippen LogP contribution in [0.1, 0.15) is 39.5 Å². The van der Waals surface area contributed by atoms with Gasteiger partial charge in [-0.15, -0.1) is 10.2 Å². The molecule has 6 nitrogen and oxygen atoms in total. The molecule has 144 valence electrons. The van der Waals surface area contributed by atoms with E-state index in [-0.39, 0.29) is 12.3 Å². The zero-order valence-corrected chi connectivity index (χ0v) is 16.6. The number of nitrogens with zero attached hydrogens (tertiary/aromatic N) is 2. The summed E-state index contributed by atoms with van der Waals surface area (Å²) in [5.74, 6) is 2.74. The highest BCUT2D eigenvalue weighted by atomic mass is 35.5. The topological polar surface area (TPSA) is 66.6 Å². The quantitative estimate of drug-likeness (QED) is 0.750. The van der Waals surface area contributed by atoms with E-state index in [9.17, 15) is 0 Å². The van der Waals surface area contributed by atoms with Crippen LogP contribution in [0.25, 0.3) is 11.5 Å². The van der Waals surface area contributed by atoms with Crippen molar-refractivity contribution in [1.29, 1.82) is 0 Å². The van der Waals surface area contributed by atoms with Gasteiger partial charge >= 0.3 is 0 Å². The number of halogens is 1. The molecule has 4 rings (SSSR count). The Morgan fingerprint density at radius 1 is 1.44 bits per heavy atom. The fraction of sp³-hybridized carbons (Fsp3) is 0.500. The van der Waals surface area contributed by atoms with Crippen LogP contribution in [0.2, 0.25) is 5.02 Å². The fourth-order valence-electron chi connectivity index (χ4n) is 3.85. The molecule has 0 N–H and O–H groups in total. The summed E-state index contributed by atoms with van der Waals surface area (Å²) >= 11 is 6.73. The minimum absolute atomic E-state index is 0.0713. The fourth-order valence-corrected chi connectivity index (χ4v) is 4.14. The van der Waals surface area contributed by atoms with Crippen molar-refractivity contribution in [3.05, 3.63) is 34.4 Å². The maximum absolute atomic E-state index is 8.15. The number of hydrogen-bond acceptors (Lipinski definition) is 6. The highest BCUT2D eigenvalue weighted by molar-refractivity contribution is 6.35. The predicted octanol–water partition coefficient (Wildman–Crippen LogP) is 4.73. The highest BCUT2D eigenvalue weighted by Gasteiger charge is 2.51. The lowest BCUT2D eigenvalue weighted by molar-refractivity contribution is 0.00899. The molecule has 1 aliphatic carbocycles. The minimum atomic E-state index is -0.701. The van der Waals surface area contributed by atoms with Crippen LogP contribution >= 0.6 is 11.6 Å². The van der Waals surface area contributed by atoms with E-state index in [0.29, 0.717) is 59.1 Å². The van der Waals surface area contributed by atoms with Crippen LogP contribution in [0.4, 0.5) is 0 Å². The van der Waals surface area contributed by atoms with Crippen molar-refractivity contribution >= 4 is 11.6 Å². The van der Waals surface area contributed by atoms with Gasteiger partial charge in [-0.3, -0.25) is 0 Å². The van der Waals surface area contributed by atoms with Gasteiger partial charge < -0.3 is 18.6 Å². The van der Waals surface area contributed by atoms with E-state index >= 15 is 0 Å². The summed E-state index contributed by atoms with van der Waals surface area (Å²) in [5.41, 5.74) is 0.768. The second-order valence-electron chi connectivity index (χ2n) is 6.88. The molecule has 0 fully saturated rings. The van der Waals surface area contributed by atoms with E-state index in [4.69, 9.17) is 31.6 Å². The van der Waals surface area contributed by atoms with Crippen LogP contribution in [-0.4, -0.2) is 29.5 Å². The van der Waals surface area contributed by atoms with Crippen LogP contribution in [0.15, 0.2) is 22.3 Å². The Bertz CT molecular complexity index is 945. The molecule has 3 atom stereocenters. The van der Waals surface area contributed by atoms with Crippen LogP contribution in [0, 0.1) is 12.8 Å². The van der Waals surface area contributed by atoms with E-state index in [1.54, 1.807) is 14.0 Å². The van der Waals surface area contributed by atoms with Crippen molar-refractivity contribution in [2.75, 3.05) is 13.7 Å². The molecule has 2 aromatic rings. The van der Waals surface area contributed by atoms with E-state index < -0.39 is 5.60 Å². The summed E-state index contributed by atoms with van der Waals surface area (Å²) in [7, 11) is 1.61. The number of ether oxygens (including phenoxy) is 3. The van der Waals surface area contributed by atoms with Crippen LogP contribution in [0.3, 0.4) is 0 Å². The Morgan fingerprint density at radius 3 is 2.93 bits per heavy atom. The number of allylic oxidation sites excluding steroid dienone is 1. The standard InChI is InChI=1S/C20H23ClN2O4/c1-5-25-15-9-13(19-23-22-12(3)26-19)17(21)18-14(15)10-20(27-18)11(2)7-6-8-16(20)24-4/h8-9,11H,5-7,10H2,1-4H3/t11-,20+/m1/s1/i6D/t6?,11-,20+. The first kappa shape index (κ1) is 16.9. The molecule has 27 heavy (non-hydrogen) atoms. The van der Waals surface area contributed by atoms with Gasteiger partial charge in [0.25, 0.3) is 0 Å². The van der Waals surface area contributed by atoms with E-state index in [1.807, 2.05) is 19.1 Å². The van der Waals surface area contributed by atoms with Gasteiger partial charge in [0, 0.05) is 26.2 Å². The molecule has 7 heteroatoms. The average Bonchev–Trinajstić information content (AvgIpc) is 3.26. The second-order valence-corrected chi connectivity index (χ2v) is 7.26. The van der Waals surface area contributed by atoms with E-state index in [1.165, 1.54) is 0 Å². The summed E-state index contributed by atoms with van der Waals surface area (Å²) in [6.45, 7) is 6.23. The average molecular weight is 392 g/mol. The van der Waals surface area contributed by atoms with Crippen molar-refractivity contribution in [1.82, 2.24) is 10.2 Å². The van der Waals surface area contributed by atoms with Gasteiger partial charge in [-0.25, -0.2) is 0 Å². The maximum atomic E-state index is 8.15. The Kier molecular flexibility index (Phi) is 4.23. The number of aryl methyl sites for hydroxylation is 1. The van der Waals surface area contributed by atoms with Crippen molar-refractivity contribution in [2.24, 2.45) is 5.92 Å². The van der Waals surface area contributed by atoms with Gasteiger partial charge in [0.05, 0.1) is 24.3 Å². The van der Waals surface area contributed by atoms with Crippen molar-refractivity contribution < 1.29 is 20.0 Å². The van der Waals surface area contributed by atoms with Gasteiger partial charge in [-0.05, 0) is 31.9 Å². The molecule has 0 radical (unpaired) electrons. The van der Waals surface area contributed by atoms with Crippen LogP contribution in [-0.2, 0) is 11.2 Å². The third kappa shape index (κ3) is 2.78. The lowest BCUT2D eigenvalue weighted by atomic mass is 9.77. The van der Waals surface area contributed by atoms with E-state index in [2.05, 4.69) is 17.1 Å². The molecular formula is C20H23ClN2O4. The first-order chi connectivity index (χ1) is 13.4. The number of aromatic nitrogens is 2. The van der Waals surface area contributed by atoms with Crippen LogP contribution in [0.5, 0.6) is 11.5 Å². The normalized spacial score (nSPS) is 27.0. The smallest absolute Gasteiger partial charge is 0.249 e. The third-order valence-corrected chi connectivity index (χ3v) is 5.63. The van der Waals surface area contributed by atoms with Gasteiger partial charge in [0.1, 0.15) is 17.3 Å². The lowest BCUT2D eigenvalue weighted by Crippen LogP contribution is -2.45. The SMILES string of the molecule is [2H]C1C=C(OC)[C@]2(Cc3c(OCC)cc(-c4nnc(C)o4)c(Cl)c3O2)[C@H](C)C1. The Morgan fingerprint density at radius 2 is 2.26 bits per heavy atom. The molecule has 1 spiro atoms. The Labute approximate surface area is 164 Å². The monoisotopic (exact) mass is 391 g/mol. The summed E-state index contributed by atoms with van der Waals surface area (Å²) in [5, 5.41) is 8.40. The summed E-state index contributed by atoms with van der Waals surface area (Å²) < 4.78 is 31.8. The number of benzene rings is 1. The second kappa shape index (κ2) is 6.75. The molecule has 0 amide bonds. The largest absolute Gasteiger partial charge is 0.497 e. The zero-order valence-electron chi connectivity index (χ0n) is 16.8. The van der Waals surface area contributed by atoms with Gasteiger partial charge in [-0.2, -0.15) is 0 Å². The molecular weight excluding hydrogens is 368 g/mol. The minimum Gasteiger partial charge on any atom is -0.497 e. The zero-order chi connectivity index (χ0) is 20.1. The summed E-state index contributed by atoms with van der Waals surface area (Å²) in [6, 6.07) is 1.83. The Balaban J connectivity index is 1.87. The van der Waals surface area contributed by atoms with Gasteiger partial charge in [-0.1, -0.05) is 18.5 Å². The lowest BCUT2D eigenvalue weighted by Gasteiger charge is -2.38. The first-order valence-electron chi connectivity index (χ1n) is 9.63. The summed E-state index contributed by atoms with van der Waals surface area (Å²) in [4.78, 5) is 0. The van der Waals surface area contributed by atoms with Crippen molar-refractivity contribution in [3.8, 4) is 23.0 Å². The number of hydrogen-bond donors (Lipinski definition) is 0. The number of fused-ring (bicyclic) bond motifs is 1. The molecule has 1 aromatic heterocycles. The van der Waals surface area contributed by atoms with Gasteiger partial charge in [0.15, 0.2) is 5.60 Å². The first-order valence-corrected chi connectivity index (χ1v) is 9.43. The van der Waals surface area contributed by atoms with Crippen molar-refractivity contribution in [3.63, 3.8) is 0 Å². The molecule has 1 aliphatic heterocycles. The molecule has 0 saturated heterocycles. The maximum Gasteiger partial charge on any atom is 0.249 e. The molecule has 1 aromatic carbocycles. The molecule has 1 unspecified atom stereocenters. The molecule has 0 bridgehead atoms. The van der Waals surface area contributed by atoms with Crippen LogP contribution < -0.4 is 9.47 Å². The van der Waals surface area contributed by atoms with Gasteiger partial charge in [0.2, 0.25) is 11.8 Å². The Hall–Kier alpha value is -2.21. The van der Waals surface area contributed by atoms with E-state index in [0.717, 1.165) is 5.56 Å².